The summed E-state index contributed by atoms with van der Waals surface area (Å²) >= 11 is 0. The summed E-state index contributed by atoms with van der Waals surface area (Å²) in [6, 6.07) is 29.8. The second-order valence-electron chi connectivity index (χ2n) is 6.56. The molecule has 2 N–H and O–H groups in total. The Kier molecular flexibility index (Phi) is 5.41. The number of amides is 1. The molecule has 0 bridgehead atoms. The number of nitrogens with one attached hydrogen (secondary N) is 2. The van der Waals surface area contributed by atoms with Crippen molar-refractivity contribution in [2.75, 3.05) is 11.9 Å². The summed E-state index contributed by atoms with van der Waals surface area (Å²) in [6.07, 6.45) is 1.75. The fourth-order valence-electron chi connectivity index (χ4n) is 3.32. The summed E-state index contributed by atoms with van der Waals surface area (Å²) in [6.45, 7) is 0.200. The number of aromatic nitrogens is 1. The summed E-state index contributed by atoms with van der Waals surface area (Å²) in [4.78, 5) is 17.0. The van der Waals surface area contributed by atoms with Crippen LogP contribution in [-0.4, -0.2) is 17.4 Å². The van der Waals surface area contributed by atoms with Gasteiger partial charge in [-0.3, -0.25) is 15.1 Å². The van der Waals surface area contributed by atoms with Gasteiger partial charge >= 0.3 is 0 Å². The molecule has 0 saturated carbocycles. The van der Waals surface area contributed by atoms with Crippen molar-refractivity contribution in [2.45, 2.75) is 6.04 Å². The van der Waals surface area contributed by atoms with Gasteiger partial charge in [-0.1, -0.05) is 66.7 Å². The van der Waals surface area contributed by atoms with Crippen molar-refractivity contribution in [2.24, 2.45) is 0 Å². The molecule has 4 aromatic rings. The highest BCUT2D eigenvalue weighted by Gasteiger charge is 2.15. The van der Waals surface area contributed by atoms with E-state index in [0.717, 1.165) is 27.7 Å². The van der Waals surface area contributed by atoms with Gasteiger partial charge in [0.15, 0.2) is 0 Å². The first kappa shape index (κ1) is 17.9. The Hall–Kier alpha value is -3.50. The molecule has 3 aromatic carbocycles. The van der Waals surface area contributed by atoms with Crippen molar-refractivity contribution < 1.29 is 4.79 Å². The lowest BCUT2D eigenvalue weighted by Gasteiger charge is -2.20. The number of carbonyl (C=O) groups is 1. The van der Waals surface area contributed by atoms with Crippen LogP contribution in [0.15, 0.2) is 97.2 Å². The van der Waals surface area contributed by atoms with E-state index in [9.17, 15) is 4.79 Å². The normalized spacial score (nSPS) is 10.9. The van der Waals surface area contributed by atoms with Crippen molar-refractivity contribution in [3.63, 3.8) is 0 Å². The van der Waals surface area contributed by atoms with Crippen molar-refractivity contribution >= 4 is 22.5 Å². The highest BCUT2D eigenvalue weighted by atomic mass is 16.1. The number of hydrogen-bond acceptors (Lipinski definition) is 3. The monoisotopic (exact) mass is 367 g/mol. The Morgan fingerprint density at radius 2 is 1.46 bits per heavy atom. The third-order valence-corrected chi connectivity index (χ3v) is 4.65. The molecule has 0 radical (unpaired) electrons. The van der Waals surface area contributed by atoms with Crippen molar-refractivity contribution in [3.8, 4) is 0 Å². The lowest BCUT2D eigenvalue weighted by atomic mass is 9.99. The highest BCUT2D eigenvalue weighted by molar-refractivity contribution is 6.01. The first-order valence-electron chi connectivity index (χ1n) is 9.28. The van der Waals surface area contributed by atoms with Gasteiger partial charge in [-0.25, -0.2) is 0 Å². The highest BCUT2D eigenvalue weighted by Crippen LogP contribution is 2.23. The number of benzene rings is 3. The third-order valence-electron chi connectivity index (χ3n) is 4.65. The number of hydrogen-bond donors (Lipinski definition) is 2. The van der Waals surface area contributed by atoms with E-state index < -0.39 is 0 Å². The summed E-state index contributed by atoms with van der Waals surface area (Å²) in [5.41, 5.74) is 3.87. The lowest BCUT2D eigenvalue weighted by Crippen LogP contribution is -2.32. The van der Waals surface area contributed by atoms with Gasteiger partial charge < -0.3 is 5.32 Å². The molecule has 0 unspecified atom stereocenters. The molecule has 0 aliphatic carbocycles. The van der Waals surface area contributed by atoms with Crippen molar-refractivity contribution in [3.05, 3.63) is 108 Å². The number of carbonyl (C=O) groups excluding carboxylic acids is 1. The van der Waals surface area contributed by atoms with Crippen LogP contribution in [0.1, 0.15) is 17.2 Å². The topological polar surface area (TPSA) is 54.0 Å². The number of anilines is 1. The van der Waals surface area contributed by atoms with E-state index in [1.807, 2.05) is 66.7 Å². The Labute approximate surface area is 164 Å². The first-order chi connectivity index (χ1) is 13.8. The van der Waals surface area contributed by atoms with Crippen molar-refractivity contribution in [1.82, 2.24) is 10.3 Å². The standard InChI is InChI=1S/C24H21N3O/c28-23(27-22-15-7-14-21-20(22)13-8-16-25-21)17-26-24(18-9-3-1-4-10-18)19-11-5-2-6-12-19/h1-16,24,26H,17H2,(H,27,28). The average molecular weight is 367 g/mol. The third kappa shape index (κ3) is 4.08. The summed E-state index contributed by atoms with van der Waals surface area (Å²) in [7, 11) is 0. The molecule has 0 fully saturated rings. The summed E-state index contributed by atoms with van der Waals surface area (Å²) < 4.78 is 0. The fourth-order valence-corrected chi connectivity index (χ4v) is 3.32. The van der Waals surface area contributed by atoms with Gasteiger partial charge in [0.2, 0.25) is 5.91 Å². The SMILES string of the molecule is O=C(CNC(c1ccccc1)c1ccccc1)Nc1cccc2ncccc12. The smallest absolute Gasteiger partial charge is 0.238 e. The van der Waals surface area contributed by atoms with Crippen LogP contribution in [0.4, 0.5) is 5.69 Å². The quantitative estimate of drug-likeness (QED) is 0.526. The van der Waals surface area contributed by atoms with Crippen LogP contribution >= 0.6 is 0 Å². The minimum absolute atomic E-state index is 0.0534. The largest absolute Gasteiger partial charge is 0.324 e. The molecule has 1 aromatic heterocycles. The predicted octanol–water partition coefficient (Wildman–Crippen LogP) is 4.55. The van der Waals surface area contributed by atoms with E-state index >= 15 is 0 Å². The molecular formula is C24H21N3O. The maximum Gasteiger partial charge on any atom is 0.238 e. The zero-order chi connectivity index (χ0) is 19.2. The van der Waals surface area contributed by atoms with Crippen LogP contribution in [0.25, 0.3) is 10.9 Å². The molecule has 0 spiro atoms. The molecule has 138 valence electrons. The van der Waals surface area contributed by atoms with E-state index in [1.165, 1.54) is 0 Å². The van der Waals surface area contributed by atoms with Crippen LogP contribution in [0.2, 0.25) is 0 Å². The van der Waals surface area contributed by atoms with Crippen molar-refractivity contribution in [1.29, 1.82) is 0 Å². The lowest BCUT2D eigenvalue weighted by molar-refractivity contribution is -0.115. The van der Waals surface area contributed by atoms with E-state index in [-0.39, 0.29) is 18.5 Å². The van der Waals surface area contributed by atoms with Gasteiger partial charge in [0, 0.05) is 11.6 Å². The Bertz CT molecular complexity index is 1020. The number of nitrogens with zero attached hydrogens (tertiary/aromatic N) is 1. The van der Waals surface area contributed by atoms with Gasteiger partial charge in [-0.05, 0) is 35.4 Å². The van der Waals surface area contributed by atoms with Crippen LogP contribution < -0.4 is 10.6 Å². The molecule has 4 nitrogen and oxygen atoms in total. The molecule has 1 heterocycles. The molecular weight excluding hydrogens is 346 g/mol. The van der Waals surface area contributed by atoms with Gasteiger partial charge in [-0.2, -0.15) is 0 Å². The molecule has 4 heteroatoms. The molecule has 0 aliphatic rings. The molecule has 0 saturated heterocycles. The summed E-state index contributed by atoms with van der Waals surface area (Å²) in [5, 5.41) is 7.33. The zero-order valence-electron chi connectivity index (χ0n) is 15.4. The van der Waals surface area contributed by atoms with Crippen LogP contribution in [-0.2, 0) is 4.79 Å². The van der Waals surface area contributed by atoms with E-state index in [2.05, 4.69) is 39.9 Å². The molecule has 4 rings (SSSR count). The molecule has 28 heavy (non-hydrogen) atoms. The van der Waals surface area contributed by atoms with Gasteiger partial charge in [0.05, 0.1) is 23.8 Å². The predicted molar refractivity (Wildman–Crippen MR) is 113 cm³/mol. The Morgan fingerprint density at radius 1 is 0.786 bits per heavy atom. The van der Waals surface area contributed by atoms with Gasteiger partial charge in [0.25, 0.3) is 0 Å². The zero-order valence-corrected chi connectivity index (χ0v) is 15.4. The summed E-state index contributed by atoms with van der Waals surface area (Å²) in [5.74, 6) is -0.0896. The van der Waals surface area contributed by atoms with Crippen LogP contribution in [0.5, 0.6) is 0 Å². The Morgan fingerprint density at radius 3 is 2.14 bits per heavy atom. The maximum atomic E-state index is 12.6. The Balaban J connectivity index is 1.50. The number of fused-ring (bicyclic) bond motifs is 1. The number of rotatable bonds is 6. The maximum absolute atomic E-state index is 12.6. The molecule has 0 atom stereocenters. The minimum atomic E-state index is -0.0896. The van der Waals surface area contributed by atoms with E-state index in [0.29, 0.717) is 0 Å². The van der Waals surface area contributed by atoms with Gasteiger partial charge in [0.1, 0.15) is 0 Å². The molecule has 0 aliphatic heterocycles. The average Bonchev–Trinajstić information content (AvgIpc) is 2.76. The van der Waals surface area contributed by atoms with Crippen LogP contribution in [0, 0.1) is 0 Å². The second kappa shape index (κ2) is 8.46. The molecule has 1 amide bonds. The number of pyridine rings is 1. The second-order valence-corrected chi connectivity index (χ2v) is 6.56. The fraction of sp³-hybridized carbons (Fsp3) is 0.0833. The van der Waals surface area contributed by atoms with Crippen LogP contribution in [0.3, 0.4) is 0 Å². The first-order valence-corrected chi connectivity index (χ1v) is 9.28. The van der Waals surface area contributed by atoms with E-state index in [4.69, 9.17) is 0 Å². The van der Waals surface area contributed by atoms with Gasteiger partial charge in [-0.15, -0.1) is 0 Å². The minimum Gasteiger partial charge on any atom is -0.324 e. The van der Waals surface area contributed by atoms with E-state index in [1.54, 1.807) is 6.20 Å².